The molecular weight excluding hydrogens is 228 g/mol. The summed E-state index contributed by atoms with van der Waals surface area (Å²) >= 11 is 0. The second-order valence-electron chi connectivity index (χ2n) is 1.22. The molecule has 80 valence electrons. The number of carboxylic acids is 2. The van der Waals surface area contributed by atoms with Gasteiger partial charge in [-0.25, -0.2) is 14.2 Å². The summed E-state index contributed by atoms with van der Waals surface area (Å²) in [7, 11) is -4.99. The zero-order chi connectivity index (χ0) is 11.1. The molecule has 3 N–H and O–H groups in total. The van der Waals surface area contributed by atoms with Gasteiger partial charge in [-0.1, -0.05) is 9.46 Å². The van der Waals surface area contributed by atoms with E-state index in [-0.39, 0.29) is 18.9 Å². The van der Waals surface area contributed by atoms with E-state index in [1.807, 2.05) is 0 Å². The van der Waals surface area contributed by atoms with Gasteiger partial charge in [-0.15, -0.1) is 0 Å². The molecule has 0 rings (SSSR count). The number of hydrogen-bond donors (Lipinski definition) is 3. The molecule has 0 aromatic rings. The molecule has 0 heterocycles. The predicted molar refractivity (Wildman–Crippen MR) is 36.6 cm³/mol. The summed E-state index contributed by atoms with van der Waals surface area (Å²) in [6.07, 6.45) is 0. The molecule has 0 aromatic carbocycles. The van der Waals surface area contributed by atoms with Crippen LogP contribution in [0, 0.1) is 0 Å². The van der Waals surface area contributed by atoms with E-state index in [9.17, 15) is 13.6 Å². The second-order valence-corrected chi connectivity index (χ2v) is 2.43. The van der Waals surface area contributed by atoms with Crippen molar-refractivity contribution in [3.05, 3.63) is 0 Å². The SMILES string of the molecule is O=C(O)C(=O)O.O=P(O)(OF)OF.[LiH]. The third kappa shape index (κ3) is 14.1. The van der Waals surface area contributed by atoms with Gasteiger partial charge in [0.2, 0.25) is 0 Å². The molecule has 8 nitrogen and oxygen atoms in total. The molecule has 0 spiro atoms. The fraction of sp³-hybridized carbons (Fsp3) is 0. The van der Waals surface area contributed by atoms with Gasteiger partial charge in [0, 0.05) is 0 Å². The molecule has 0 aliphatic carbocycles. The zero-order valence-electron chi connectivity index (χ0n) is 5.59. The Hall–Kier alpha value is -0.493. The summed E-state index contributed by atoms with van der Waals surface area (Å²) in [5.41, 5.74) is 0. The molecular formula is C2H4F2LiO8P. The van der Waals surface area contributed by atoms with Crippen molar-refractivity contribution >= 4 is 38.6 Å². The Kier molecular flexibility index (Phi) is 12.4. The third-order valence-corrected chi connectivity index (χ3v) is 0.706. The van der Waals surface area contributed by atoms with E-state index in [1.165, 1.54) is 0 Å². The van der Waals surface area contributed by atoms with Crippen LogP contribution in [0.3, 0.4) is 0 Å². The average Bonchev–Trinajstić information content (AvgIpc) is 2.05. The molecule has 0 aliphatic rings. The fourth-order valence-electron chi connectivity index (χ4n) is 0.0106. The maximum absolute atomic E-state index is 10.4. The van der Waals surface area contributed by atoms with Gasteiger partial charge in [-0.05, 0) is 9.05 Å². The van der Waals surface area contributed by atoms with Crippen LogP contribution in [0.4, 0.5) is 9.05 Å². The Labute approximate surface area is 87.0 Å². The molecule has 0 aliphatic heterocycles. The summed E-state index contributed by atoms with van der Waals surface area (Å²) in [4.78, 5) is 25.7. The standard InChI is InChI=1S/C2H2O4.F2HO4P.Li.H/c3-1(4)2(5)6;1-5-7(3,4)6-2;;/h(H,3,4)(H,5,6);(H,3,4);;. The van der Waals surface area contributed by atoms with Crippen LogP contribution in [0.5, 0.6) is 0 Å². The van der Waals surface area contributed by atoms with Crippen molar-refractivity contribution in [1.82, 2.24) is 0 Å². The summed E-state index contributed by atoms with van der Waals surface area (Å²) in [5.74, 6) is -3.65. The summed E-state index contributed by atoms with van der Waals surface area (Å²) in [5, 5.41) is 14.8. The molecule has 0 unspecified atom stereocenters. The molecule has 12 heteroatoms. The van der Waals surface area contributed by atoms with Crippen molar-refractivity contribution in [1.29, 1.82) is 0 Å². The Morgan fingerprint density at radius 1 is 1.07 bits per heavy atom. The molecule has 0 amide bonds. The fourth-order valence-corrected chi connectivity index (χ4v) is 0.0319. The predicted octanol–water partition coefficient (Wildman–Crippen LogP) is -0.604. The Balaban J connectivity index is -0.000000163. The first-order valence-electron chi connectivity index (χ1n) is 2.16. The molecule has 0 aromatic heterocycles. The van der Waals surface area contributed by atoms with Crippen LogP contribution in [0.1, 0.15) is 0 Å². The summed E-state index contributed by atoms with van der Waals surface area (Å²) in [6.45, 7) is 0. The van der Waals surface area contributed by atoms with Crippen LogP contribution in [-0.2, 0) is 23.6 Å². The monoisotopic (exact) mass is 232 g/mol. The van der Waals surface area contributed by atoms with E-state index < -0.39 is 19.8 Å². The Morgan fingerprint density at radius 3 is 1.29 bits per heavy atom. The number of carbonyl (C=O) groups is 2. The van der Waals surface area contributed by atoms with Crippen molar-refractivity contribution in [3.63, 3.8) is 0 Å². The van der Waals surface area contributed by atoms with Gasteiger partial charge in [0.15, 0.2) is 0 Å². The van der Waals surface area contributed by atoms with Gasteiger partial charge >= 0.3 is 38.6 Å². The van der Waals surface area contributed by atoms with E-state index in [2.05, 4.69) is 9.46 Å². The van der Waals surface area contributed by atoms with E-state index in [4.69, 9.17) is 24.7 Å². The van der Waals surface area contributed by atoms with E-state index in [0.717, 1.165) is 0 Å². The van der Waals surface area contributed by atoms with Crippen LogP contribution in [0.2, 0.25) is 0 Å². The van der Waals surface area contributed by atoms with Gasteiger partial charge in [0.05, 0.1) is 0 Å². The quantitative estimate of drug-likeness (QED) is 0.326. The number of rotatable bonds is 2. The minimum absolute atomic E-state index is 0. The van der Waals surface area contributed by atoms with Crippen LogP contribution in [0.15, 0.2) is 0 Å². The van der Waals surface area contributed by atoms with E-state index in [0.29, 0.717) is 0 Å². The van der Waals surface area contributed by atoms with E-state index in [1.54, 1.807) is 0 Å². The number of aliphatic carboxylic acids is 2. The topological polar surface area (TPSA) is 130 Å². The molecule has 0 saturated carbocycles. The van der Waals surface area contributed by atoms with Crippen LogP contribution >= 0.6 is 7.82 Å². The second kappa shape index (κ2) is 9.08. The van der Waals surface area contributed by atoms with Gasteiger partial charge in [-0.2, -0.15) is 0 Å². The van der Waals surface area contributed by atoms with E-state index >= 15 is 0 Å². The number of halogens is 2. The summed E-state index contributed by atoms with van der Waals surface area (Å²) < 4.78 is 34.3. The molecule has 0 fully saturated rings. The first-order chi connectivity index (χ1) is 5.76. The third-order valence-electron chi connectivity index (χ3n) is 0.357. The van der Waals surface area contributed by atoms with Crippen LogP contribution < -0.4 is 0 Å². The summed E-state index contributed by atoms with van der Waals surface area (Å²) in [6, 6.07) is 0. The maximum atomic E-state index is 10.4. The molecule has 0 saturated heterocycles. The minimum atomic E-state index is -4.99. The molecule has 0 atom stereocenters. The molecule has 0 bridgehead atoms. The Bertz CT molecular complexity index is 211. The average molecular weight is 232 g/mol. The number of carboxylic acid groups (broad SMARTS) is 2. The van der Waals surface area contributed by atoms with Gasteiger partial charge in [0.25, 0.3) is 0 Å². The zero-order valence-corrected chi connectivity index (χ0v) is 6.48. The van der Waals surface area contributed by atoms with Crippen molar-refractivity contribution in [2.75, 3.05) is 0 Å². The Morgan fingerprint density at radius 2 is 1.29 bits per heavy atom. The van der Waals surface area contributed by atoms with Gasteiger partial charge in [-0.3, -0.25) is 4.89 Å². The number of hydrogen-bond acceptors (Lipinski definition) is 5. The van der Waals surface area contributed by atoms with Crippen molar-refractivity contribution < 1.29 is 47.8 Å². The van der Waals surface area contributed by atoms with Crippen LogP contribution in [0.25, 0.3) is 0 Å². The van der Waals surface area contributed by atoms with Crippen molar-refractivity contribution in [3.8, 4) is 0 Å². The molecule has 0 radical (unpaired) electrons. The normalized spacial score (nSPS) is 9.07. The molecule has 14 heavy (non-hydrogen) atoms. The van der Waals surface area contributed by atoms with Crippen LogP contribution in [-0.4, -0.2) is 45.9 Å². The van der Waals surface area contributed by atoms with Crippen molar-refractivity contribution in [2.45, 2.75) is 0 Å². The first kappa shape index (κ1) is 19.1. The van der Waals surface area contributed by atoms with Crippen molar-refractivity contribution in [2.24, 2.45) is 0 Å². The first-order valence-corrected chi connectivity index (χ1v) is 3.66. The number of phosphoric acid groups is 1. The van der Waals surface area contributed by atoms with Gasteiger partial charge in [0.1, 0.15) is 0 Å². The van der Waals surface area contributed by atoms with Gasteiger partial charge < -0.3 is 10.2 Å².